The molecule has 1 aromatic carbocycles. The van der Waals surface area contributed by atoms with E-state index in [1.54, 1.807) is 18.2 Å². The third-order valence-electron chi connectivity index (χ3n) is 0.953. The lowest BCUT2D eigenvalue weighted by atomic mass is 10.2. The summed E-state index contributed by atoms with van der Waals surface area (Å²) in [4.78, 5) is 10.1. The Bertz CT molecular complexity index is 220. The Balaban J connectivity index is 3.15. The molecule has 0 fully saturated rings. The smallest absolute Gasteiger partial charge is 0.152 e. The molecule has 0 spiro atoms. The van der Waals surface area contributed by atoms with Crippen LogP contribution in [0, 0.1) is 6.07 Å². The van der Waals surface area contributed by atoms with Gasteiger partial charge < -0.3 is 0 Å². The molecule has 2 heteroatoms. The Morgan fingerprint density at radius 1 is 1.67 bits per heavy atom. The molecule has 0 N–H and O–H groups in total. The number of rotatable bonds is 1. The molecule has 0 saturated heterocycles. The number of hydrogen-bond donors (Lipinski definition) is 0. The molecule has 1 nitrogen and oxygen atoms in total. The quantitative estimate of drug-likeness (QED) is 0.544. The molecule has 9 heavy (non-hydrogen) atoms. The van der Waals surface area contributed by atoms with Crippen molar-refractivity contribution in [3.8, 4) is 0 Å². The van der Waals surface area contributed by atoms with E-state index < -0.39 is 0 Å². The average Bonchev–Trinajstić information content (AvgIpc) is 1.89. The van der Waals surface area contributed by atoms with Crippen molar-refractivity contribution in [3.05, 3.63) is 34.9 Å². The van der Waals surface area contributed by atoms with E-state index in [0.717, 1.165) is 0 Å². The minimum Gasteiger partial charge on any atom is -0.298 e. The van der Waals surface area contributed by atoms with Crippen LogP contribution in [0.4, 0.5) is 0 Å². The molecular formula is C7H4ClO. The first-order valence-electron chi connectivity index (χ1n) is 2.46. The monoisotopic (exact) mass is 139 g/mol. The summed E-state index contributed by atoms with van der Waals surface area (Å²) in [5.74, 6) is 0. The Hall–Kier alpha value is -0.820. The molecule has 0 saturated carbocycles. The van der Waals surface area contributed by atoms with Crippen molar-refractivity contribution in [1.29, 1.82) is 0 Å². The van der Waals surface area contributed by atoms with Crippen molar-refractivity contribution < 1.29 is 4.79 Å². The highest BCUT2D eigenvalue weighted by atomic mass is 35.5. The molecule has 45 valence electrons. The molecule has 0 aliphatic carbocycles. The van der Waals surface area contributed by atoms with E-state index in [4.69, 9.17) is 11.6 Å². The summed E-state index contributed by atoms with van der Waals surface area (Å²) in [5.41, 5.74) is 0.416. The van der Waals surface area contributed by atoms with Gasteiger partial charge in [0.15, 0.2) is 6.29 Å². The third-order valence-corrected chi connectivity index (χ3v) is 1.28. The number of carbonyl (C=O) groups is 1. The zero-order valence-electron chi connectivity index (χ0n) is 4.60. The van der Waals surface area contributed by atoms with Gasteiger partial charge in [0.1, 0.15) is 0 Å². The Morgan fingerprint density at radius 2 is 2.44 bits per heavy atom. The van der Waals surface area contributed by atoms with Gasteiger partial charge in [0.2, 0.25) is 0 Å². The lowest BCUT2D eigenvalue weighted by molar-refractivity contribution is 0.112. The topological polar surface area (TPSA) is 17.1 Å². The SMILES string of the molecule is O=Cc1[c]cccc1Cl. The van der Waals surface area contributed by atoms with E-state index in [9.17, 15) is 4.79 Å². The van der Waals surface area contributed by atoms with E-state index in [2.05, 4.69) is 6.07 Å². The van der Waals surface area contributed by atoms with Crippen molar-refractivity contribution >= 4 is 17.9 Å². The van der Waals surface area contributed by atoms with E-state index in [0.29, 0.717) is 16.9 Å². The van der Waals surface area contributed by atoms with Crippen LogP contribution in [0.15, 0.2) is 18.2 Å². The predicted molar refractivity (Wildman–Crippen MR) is 35.7 cm³/mol. The largest absolute Gasteiger partial charge is 0.298 e. The van der Waals surface area contributed by atoms with Crippen LogP contribution in [-0.4, -0.2) is 6.29 Å². The van der Waals surface area contributed by atoms with Crippen molar-refractivity contribution in [2.24, 2.45) is 0 Å². The van der Waals surface area contributed by atoms with Gasteiger partial charge in [0.05, 0.1) is 5.02 Å². The first-order valence-corrected chi connectivity index (χ1v) is 2.84. The lowest BCUT2D eigenvalue weighted by Gasteiger charge is -1.89. The maximum absolute atomic E-state index is 10.1. The first-order chi connectivity index (χ1) is 4.34. The fourth-order valence-electron chi connectivity index (χ4n) is 0.520. The molecule has 0 aliphatic heterocycles. The predicted octanol–water partition coefficient (Wildman–Crippen LogP) is 1.95. The van der Waals surface area contributed by atoms with Crippen LogP contribution in [0.2, 0.25) is 5.02 Å². The molecule has 1 rings (SSSR count). The van der Waals surface area contributed by atoms with Gasteiger partial charge in [-0.25, -0.2) is 0 Å². The number of hydrogen-bond acceptors (Lipinski definition) is 1. The molecule has 0 aromatic heterocycles. The highest BCUT2D eigenvalue weighted by molar-refractivity contribution is 6.32. The van der Waals surface area contributed by atoms with Gasteiger partial charge in [0.25, 0.3) is 0 Å². The summed E-state index contributed by atoms with van der Waals surface area (Å²) in [6, 6.07) is 7.72. The van der Waals surface area contributed by atoms with Crippen LogP contribution < -0.4 is 0 Å². The number of halogens is 1. The fraction of sp³-hybridized carbons (Fsp3) is 0. The maximum atomic E-state index is 10.1. The molecule has 0 amide bonds. The highest BCUT2D eigenvalue weighted by Crippen LogP contribution is 2.10. The maximum Gasteiger partial charge on any atom is 0.152 e. The van der Waals surface area contributed by atoms with Gasteiger partial charge in [-0.2, -0.15) is 0 Å². The lowest BCUT2D eigenvalue weighted by Crippen LogP contribution is -1.78. The fourth-order valence-corrected chi connectivity index (χ4v) is 0.691. The van der Waals surface area contributed by atoms with E-state index in [-0.39, 0.29) is 0 Å². The van der Waals surface area contributed by atoms with Crippen molar-refractivity contribution in [2.45, 2.75) is 0 Å². The molecule has 0 bridgehead atoms. The molecule has 0 unspecified atom stereocenters. The normalized spacial score (nSPS) is 9.00. The first kappa shape index (κ1) is 6.30. The van der Waals surface area contributed by atoms with Gasteiger partial charge in [-0.3, -0.25) is 4.79 Å². The Kier molecular flexibility index (Phi) is 1.85. The van der Waals surface area contributed by atoms with Crippen LogP contribution >= 0.6 is 11.6 Å². The number of carbonyl (C=O) groups excluding carboxylic acids is 1. The molecule has 0 aliphatic rings. The van der Waals surface area contributed by atoms with Gasteiger partial charge in [0, 0.05) is 5.56 Å². The van der Waals surface area contributed by atoms with Gasteiger partial charge in [-0.05, 0) is 12.1 Å². The molecule has 0 heterocycles. The van der Waals surface area contributed by atoms with Gasteiger partial charge in [-0.15, -0.1) is 0 Å². The minimum atomic E-state index is 0.416. The van der Waals surface area contributed by atoms with Crippen LogP contribution in [0.3, 0.4) is 0 Å². The van der Waals surface area contributed by atoms with Gasteiger partial charge >= 0.3 is 0 Å². The van der Waals surface area contributed by atoms with Crippen LogP contribution in [-0.2, 0) is 0 Å². The van der Waals surface area contributed by atoms with E-state index in [1.165, 1.54) is 0 Å². The Morgan fingerprint density at radius 3 is 2.89 bits per heavy atom. The number of benzene rings is 1. The third kappa shape index (κ3) is 1.30. The zero-order valence-corrected chi connectivity index (χ0v) is 5.35. The molecule has 1 radical (unpaired) electrons. The van der Waals surface area contributed by atoms with Crippen molar-refractivity contribution in [2.75, 3.05) is 0 Å². The second kappa shape index (κ2) is 2.65. The summed E-state index contributed by atoms with van der Waals surface area (Å²) in [5, 5.41) is 0.451. The van der Waals surface area contributed by atoms with E-state index in [1.807, 2.05) is 0 Å². The highest BCUT2D eigenvalue weighted by Gasteiger charge is 1.93. The van der Waals surface area contributed by atoms with E-state index >= 15 is 0 Å². The summed E-state index contributed by atoms with van der Waals surface area (Å²) in [7, 11) is 0. The zero-order chi connectivity index (χ0) is 6.69. The van der Waals surface area contributed by atoms with Crippen LogP contribution in [0.25, 0.3) is 0 Å². The minimum absolute atomic E-state index is 0.416. The summed E-state index contributed by atoms with van der Waals surface area (Å²) in [6.45, 7) is 0. The summed E-state index contributed by atoms with van der Waals surface area (Å²) >= 11 is 5.56. The van der Waals surface area contributed by atoms with Crippen LogP contribution in [0.5, 0.6) is 0 Å². The standard InChI is InChI=1S/C7H4ClO/c8-7-4-2-1-3-6(7)5-9/h1-2,4-5H. The Labute approximate surface area is 58.3 Å². The van der Waals surface area contributed by atoms with Crippen molar-refractivity contribution in [1.82, 2.24) is 0 Å². The molecular weight excluding hydrogens is 136 g/mol. The molecule has 0 atom stereocenters. The molecule has 1 aromatic rings. The second-order valence-electron chi connectivity index (χ2n) is 1.55. The van der Waals surface area contributed by atoms with Crippen LogP contribution in [0.1, 0.15) is 10.4 Å². The van der Waals surface area contributed by atoms with Crippen molar-refractivity contribution in [3.63, 3.8) is 0 Å². The summed E-state index contributed by atoms with van der Waals surface area (Å²) in [6.07, 6.45) is 0.683. The van der Waals surface area contributed by atoms with Gasteiger partial charge in [-0.1, -0.05) is 23.7 Å². The summed E-state index contributed by atoms with van der Waals surface area (Å²) < 4.78 is 0. The second-order valence-corrected chi connectivity index (χ2v) is 1.96. The number of aldehydes is 1. The average molecular weight is 140 g/mol.